The zero-order valence-corrected chi connectivity index (χ0v) is 15.3. The van der Waals surface area contributed by atoms with Gasteiger partial charge in [0.05, 0.1) is 6.42 Å². The zero-order chi connectivity index (χ0) is 20.8. The molecule has 11 nitrogen and oxygen atoms in total. The molecular formula is C16H30N4O7. The fourth-order valence-electron chi connectivity index (χ4n) is 1.97. The van der Waals surface area contributed by atoms with Gasteiger partial charge >= 0.3 is 23.9 Å². The SMILES string of the molecule is NCCCC[C@H](N)C(=O)OC(=O)CC(O)C(=O)OC(=O)[C@@H](N)CCCCN. The number of rotatable bonds is 13. The first-order valence-corrected chi connectivity index (χ1v) is 8.82. The zero-order valence-electron chi connectivity index (χ0n) is 15.3. The summed E-state index contributed by atoms with van der Waals surface area (Å²) in [5.41, 5.74) is 21.7. The largest absolute Gasteiger partial charge is 0.392 e. The number of nitrogens with two attached hydrogens (primary N) is 4. The summed E-state index contributed by atoms with van der Waals surface area (Å²) in [5, 5.41) is 9.62. The summed E-state index contributed by atoms with van der Waals surface area (Å²) in [5.74, 6) is -4.53. The fourth-order valence-corrected chi connectivity index (χ4v) is 1.97. The van der Waals surface area contributed by atoms with Crippen molar-refractivity contribution >= 4 is 23.9 Å². The van der Waals surface area contributed by atoms with Crippen molar-refractivity contribution in [1.29, 1.82) is 0 Å². The summed E-state index contributed by atoms with van der Waals surface area (Å²) in [4.78, 5) is 46.4. The summed E-state index contributed by atoms with van der Waals surface area (Å²) in [6.07, 6.45) is 0.192. The van der Waals surface area contributed by atoms with Gasteiger partial charge in [0.2, 0.25) is 0 Å². The number of aliphatic hydroxyl groups is 1. The molecule has 0 aliphatic rings. The summed E-state index contributed by atoms with van der Waals surface area (Å²) < 4.78 is 8.87. The molecule has 0 aliphatic heterocycles. The highest BCUT2D eigenvalue weighted by atomic mass is 16.6. The van der Waals surface area contributed by atoms with Gasteiger partial charge in [0.25, 0.3) is 0 Å². The number of carbonyl (C=O) groups excluding carboxylic acids is 4. The van der Waals surface area contributed by atoms with Crippen molar-refractivity contribution < 1.29 is 33.8 Å². The summed E-state index contributed by atoms with van der Waals surface area (Å²) in [6.45, 7) is 0.890. The molecule has 0 aromatic carbocycles. The Morgan fingerprint density at radius 1 is 0.741 bits per heavy atom. The Balaban J connectivity index is 4.27. The van der Waals surface area contributed by atoms with Gasteiger partial charge in [0, 0.05) is 0 Å². The standard InChI is InChI=1S/C16H30N4O7/c17-7-3-1-5-10(19)14(23)26-13(22)9-12(21)16(25)27-15(24)11(20)6-2-4-8-18/h10-12,21H,1-9,17-20H2/t10-,11-,12?/m0/s1. The van der Waals surface area contributed by atoms with E-state index < -0.39 is 48.5 Å². The third-order valence-electron chi connectivity index (χ3n) is 3.59. The van der Waals surface area contributed by atoms with Gasteiger partial charge in [0.1, 0.15) is 12.1 Å². The molecule has 0 saturated heterocycles. The Morgan fingerprint density at radius 2 is 1.19 bits per heavy atom. The fraction of sp³-hybridized carbons (Fsp3) is 0.750. The molecule has 0 bridgehead atoms. The van der Waals surface area contributed by atoms with Crippen LogP contribution in [0, 0.1) is 0 Å². The molecule has 0 rings (SSSR count). The topological polar surface area (TPSA) is 211 Å². The van der Waals surface area contributed by atoms with Crippen molar-refractivity contribution in [3.8, 4) is 0 Å². The van der Waals surface area contributed by atoms with Crippen molar-refractivity contribution in [3.63, 3.8) is 0 Å². The minimum Gasteiger partial charge on any atom is -0.392 e. The van der Waals surface area contributed by atoms with Gasteiger partial charge in [0.15, 0.2) is 6.10 Å². The number of hydrogen-bond acceptors (Lipinski definition) is 11. The van der Waals surface area contributed by atoms with Gasteiger partial charge in [-0.2, -0.15) is 0 Å². The predicted octanol–water partition coefficient (Wildman–Crippen LogP) is -2.21. The summed E-state index contributed by atoms with van der Waals surface area (Å²) in [6, 6.07) is -2.06. The second-order valence-electron chi connectivity index (χ2n) is 6.04. The van der Waals surface area contributed by atoms with E-state index >= 15 is 0 Å². The van der Waals surface area contributed by atoms with Crippen molar-refractivity contribution in [1.82, 2.24) is 0 Å². The molecular weight excluding hydrogens is 360 g/mol. The molecule has 0 spiro atoms. The molecule has 0 saturated carbocycles. The Labute approximate surface area is 157 Å². The molecule has 27 heavy (non-hydrogen) atoms. The summed E-state index contributed by atoms with van der Waals surface area (Å²) >= 11 is 0. The molecule has 0 radical (unpaired) electrons. The lowest BCUT2D eigenvalue weighted by Crippen LogP contribution is -2.38. The highest BCUT2D eigenvalue weighted by Crippen LogP contribution is 2.05. The first-order chi connectivity index (χ1) is 12.7. The third kappa shape index (κ3) is 11.4. The van der Waals surface area contributed by atoms with Crippen LogP contribution in [0.15, 0.2) is 0 Å². The normalized spacial score (nSPS) is 14.1. The smallest absolute Gasteiger partial charge is 0.343 e. The van der Waals surface area contributed by atoms with Crippen LogP contribution in [0.2, 0.25) is 0 Å². The maximum atomic E-state index is 11.6. The Morgan fingerprint density at radius 3 is 1.63 bits per heavy atom. The minimum absolute atomic E-state index is 0.262. The van der Waals surface area contributed by atoms with Gasteiger partial charge in [-0.05, 0) is 38.8 Å². The molecule has 0 heterocycles. The van der Waals surface area contributed by atoms with Crippen LogP contribution in [0.4, 0.5) is 0 Å². The number of hydrogen-bond donors (Lipinski definition) is 5. The van der Waals surface area contributed by atoms with E-state index in [4.69, 9.17) is 22.9 Å². The van der Waals surface area contributed by atoms with Crippen molar-refractivity contribution in [2.75, 3.05) is 13.1 Å². The van der Waals surface area contributed by atoms with Gasteiger partial charge in [-0.25, -0.2) is 14.4 Å². The number of esters is 4. The monoisotopic (exact) mass is 390 g/mol. The molecule has 0 aromatic rings. The van der Waals surface area contributed by atoms with E-state index in [0.717, 1.165) is 0 Å². The van der Waals surface area contributed by atoms with Gasteiger partial charge in [-0.1, -0.05) is 12.8 Å². The molecule has 0 fully saturated rings. The minimum atomic E-state index is -1.97. The predicted molar refractivity (Wildman–Crippen MR) is 94.6 cm³/mol. The van der Waals surface area contributed by atoms with Crippen LogP contribution in [0.5, 0.6) is 0 Å². The molecule has 1 unspecified atom stereocenters. The first-order valence-electron chi connectivity index (χ1n) is 8.82. The lowest BCUT2D eigenvalue weighted by Gasteiger charge is -2.13. The van der Waals surface area contributed by atoms with Crippen LogP contribution in [-0.2, 0) is 28.7 Å². The second kappa shape index (κ2) is 14.2. The number of carbonyl (C=O) groups is 4. The lowest BCUT2D eigenvalue weighted by molar-refractivity contribution is -0.172. The quantitative estimate of drug-likeness (QED) is 0.129. The van der Waals surface area contributed by atoms with Gasteiger partial charge in [-0.3, -0.25) is 4.79 Å². The van der Waals surface area contributed by atoms with Crippen LogP contribution < -0.4 is 22.9 Å². The highest BCUT2D eigenvalue weighted by molar-refractivity contribution is 5.94. The lowest BCUT2D eigenvalue weighted by atomic mass is 10.1. The van der Waals surface area contributed by atoms with Gasteiger partial charge < -0.3 is 37.5 Å². The molecule has 3 atom stereocenters. The number of aliphatic hydroxyl groups excluding tert-OH is 1. The van der Waals surface area contributed by atoms with Crippen molar-refractivity contribution in [2.45, 2.75) is 63.1 Å². The van der Waals surface area contributed by atoms with E-state index in [1.807, 2.05) is 0 Å². The number of unbranched alkanes of at least 4 members (excludes halogenated alkanes) is 2. The third-order valence-corrected chi connectivity index (χ3v) is 3.59. The van der Waals surface area contributed by atoms with E-state index in [1.54, 1.807) is 0 Å². The maximum Gasteiger partial charge on any atom is 0.343 e. The molecule has 0 aliphatic carbocycles. The van der Waals surface area contributed by atoms with E-state index in [9.17, 15) is 24.3 Å². The highest BCUT2D eigenvalue weighted by Gasteiger charge is 2.28. The van der Waals surface area contributed by atoms with Crippen LogP contribution in [-0.4, -0.2) is 60.3 Å². The van der Waals surface area contributed by atoms with E-state index in [-0.39, 0.29) is 12.8 Å². The second-order valence-corrected chi connectivity index (χ2v) is 6.04. The van der Waals surface area contributed by atoms with Crippen LogP contribution in [0.25, 0.3) is 0 Å². The van der Waals surface area contributed by atoms with Crippen molar-refractivity contribution in [3.05, 3.63) is 0 Å². The Hall–Kier alpha value is -1.92. The van der Waals surface area contributed by atoms with Gasteiger partial charge in [-0.15, -0.1) is 0 Å². The van der Waals surface area contributed by atoms with Crippen molar-refractivity contribution in [2.24, 2.45) is 22.9 Å². The van der Waals surface area contributed by atoms with E-state index in [1.165, 1.54) is 0 Å². The molecule has 9 N–H and O–H groups in total. The Bertz CT molecular complexity index is 501. The average Bonchev–Trinajstić information content (AvgIpc) is 2.61. The molecule has 156 valence electrons. The molecule has 0 amide bonds. The summed E-state index contributed by atoms with van der Waals surface area (Å²) in [7, 11) is 0. The van der Waals surface area contributed by atoms with Crippen LogP contribution in [0.1, 0.15) is 44.9 Å². The molecule has 11 heteroatoms. The van der Waals surface area contributed by atoms with E-state index in [2.05, 4.69) is 9.47 Å². The first kappa shape index (κ1) is 25.1. The number of ether oxygens (including phenoxy) is 2. The average molecular weight is 390 g/mol. The van der Waals surface area contributed by atoms with Crippen LogP contribution >= 0.6 is 0 Å². The van der Waals surface area contributed by atoms with Crippen LogP contribution in [0.3, 0.4) is 0 Å². The van der Waals surface area contributed by atoms with E-state index in [0.29, 0.717) is 38.8 Å². The molecule has 0 aromatic heterocycles. The maximum absolute atomic E-state index is 11.6. The Kier molecular flexibility index (Phi) is 13.2.